The van der Waals surface area contributed by atoms with Crippen LogP contribution in [0.2, 0.25) is 0 Å². The lowest BCUT2D eigenvalue weighted by molar-refractivity contribution is -0.149. The molecule has 1 saturated heterocycles. The van der Waals surface area contributed by atoms with E-state index < -0.39 is 23.2 Å². The first-order chi connectivity index (χ1) is 13.4. The molecule has 2 amide bonds. The molecule has 2 rings (SSSR count). The minimum absolute atomic E-state index is 0.0186. The largest absolute Gasteiger partial charge is 0.464 e. The predicted octanol–water partition coefficient (Wildman–Crippen LogP) is 3.43. The number of hydrogen-bond acceptors (Lipinski definition) is 5. The van der Waals surface area contributed by atoms with E-state index in [1.165, 1.54) is 0 Å². The Kier molecular flexibility index (Phi) is 6.70. The lowest BCUT2D eigenvalue weighted by Gasteiger charge is -2.29. The molecule has 7 nitrogen and oxygen atoms in total. The summed E-state index contributed by atoms with van der Waals surface area (Å²) in [4.78, 5) is 39.2. The first-order valence-corrected chi connectivity index (χ1v) is 10.4. The number of esters is 1. The van der Waals surface area contributed by atoms with Crippen molar-refractivity contribution in [3.05, 3.63) is 12.7 Å². The second kappa shape index (κ2) is 8.36. The molecule has 1 saturated carbocycles. The van der Waals surface area contributed by atoms with Gasteiger partial charge in [-0.1, -0.05) is 19.9 Å². The van der Waals surface area contributed by atoms with Gasteiger partial charge in [0.2, 0.25) is 5.91 Å². The number of ether oxygens (including phenoxy) is 2. The van der Waals surface area contributed by atoms with Gasteiger partial charge in [0.1, 0.15) is 11.6 Å². The van der Waals surface area contributed by atoms with E-state index >= 15 is 0 Å². The highest BCUT2D eigenvalue weighted by Crippen LogP contribution is 2.62. The van der Waals surface area contributed by atoms with E-state index in [4.69, 9.17) is 9.47 Å². The van der Waals surface area contributed by atoms with Gasteiger partial charge in [-0.15, -0.1) is 6.58 Å². The van der Waals surface area contributed by atoms with Crippen molar-refractivity contribution in [1.29, 1.82) is 0 Å². The van der Waals surface area contributed by atoms with Gasteiger partial charge in [0, 0.05) is 18.0 Å². The van der Waals surface area contributed by atoms with Crippen molar-refractivity contribution >= 4 is 18.0 Å². The van der Waals surface area contributed by atoms with Crippen LogP contribution in [0.1, 0.15) is 67.2 Å². The quantitative estimate of drug-likeness (QED) is 0.491. The lowest BCUT2D eigenvalue weighted by Crippen LogP contribution is -2.46. The summed E-state index contributed by atoms with van der Waals surface area (Å²) in [7, 11) is 0. The predicted molar refractivity (Wildman–Crippen MR) is 110 cm³/mol. The number of fused-ring (bicyclic) bond motifs is 1. The van der Waals surface area contributed by atoms with Gasteiger partial charge in [0.05, 0.1) is 6.61 Å². The maximum atomic E-state index is 12.8. The third-order valence-corrected chi connectivity index (χ3v) is 5.76. The molecule has 0 radical (unpaired) electrons. The third-order valence-electron chi connectivity index (χ3n) is 5.76. The van der Waals surface area contributed by atoms with Crippen molar-refractivity contribution in [2.75, 3.05) is 13.2 Å². The number of carbonyl (C=O) groups excluding carboxylic acids is 3. The first-order valence-electron chi connectivity index (χ1n) is 10.4. The molecule has 0 bridgehead atoms. The number of nitrogens with zero attached hydrogens (tertiary/aromatic N) is 1. The molecule has 3 atom stereocenters. The van der Waals surface area contributed by atoms with E-state index in [0.717, 1.165) is 6.42 Å². The van der Waals surface area contributed by atoms with E-state index in [1.807, 2.05) is 13.8 Å². The standard InChI is InChI=1S/C22H36N2O5/c1-8-10-21(6,7)18(26)23-12-11-22-13-15(17(25)28-9-2)24(16(22)14-22)19(27)29-20(3,4)5/h8,15-16H,1,9-14H2,2-7H3,(H,23,26)/t15-,16+,22-/m0/s1. The van der Waals surface area contributed by atoms with Crippen molar-refractivity contribution in [3.63, 3.8) is 0 Å². The Hall–Kier alpha value is -2.05. The average Bonchev–Trinajstić information content (AvgIpc) is 3.17. The van der Waals surface area contributed by atoms with Gasteiger partial charge >= 0.3 is 12.1 Å². The zero-order valence-electron chi connectivity index (χ0n) is 18.7. The fraction of sp³-hybridized carbons (Fsp3) is 0.773. The van der Waals surface area contributed by atoms with Crippen LogP contribution < -0.4 is 5.32 Å². The maximum absolute atomic E-state index is 12.8. The number of hydrogen-bond donors (Lipinski definition) is 1. The minimum atomic E-state index is -0.638. The number of rotatable bonds is 8. The van der Waals surface area contributed by atoms with Crippen LogP contribution in [0.15, 0.2) is 12.7 Å². The molecule has 0 aromatic heterocycles. The van der Waals surface area contributed by atoms with Crippen LogP contribution in [-0.2, 0) is 19.1 Å². The SMILES string of the molecule is C=CCC(C)(C)C(=O)NCC[C@@]12C[C@@H](C(=O)OCC)N(C(=O)OC(C)(C)C)[C@@H]1C2. The van der Waals surface area contributed by atoms with Gasteiger partial charge in [-0.25, -0.2) is 9.59 Å². The Bertz CT molecular complexity index is 667. The smallest absolute Gasteiger partial charge is 0.411 e. The summed E-state index contributed by atoms with van der Waals surface area (Å²) in [6.07, 6.45) is 3.94. The number of nitrogens with one attached hydrogen (secondary N) is 1. The fourth-order valence-corrected chi connectivity index (χ4v) is 4.13. The number of amides is 2. The van der Waals surface area contributed by atoms with E-state index in [0.29, 0.717) is 25.8 Å². The maximum Gasteiger partial charge on any atom is 0.411 e. The summed E-state index contributed by atoms with van der Waals surface area (Å²) in [5.74, 6) is -0.406. The third kappa shape index (κ3) is 5.31. The monoisotopic (exact) mass is 408 g/mol. The van der Waals surface area contributed by atoms with E-state index in [2.05, 4.69) is 11.9 Å². The Balaban J connectivity index is 2.03. The van der Waals surface area contributed by atoms with Gasteiger partial charge in [-0.3, -0.25) is 9.69 Å². The Morgan fingerprint density at radius 1 is 1.21 bits per heavy atom. The van der Waals surface area contributed by atoms with Crippen molar-refractivity contribution in [3.8, 4) is 0 Å². The fourth-order valence-electron chi connectivity index (χ4n) is 4.13. The first kappa shape index (κ1) is 23.2. The average molecular weight is 409 g/mol. The minimum Gasteiger partial charge on any atom is -0.464 e. The van der Waals surface area contributed by atoms with Crippen LogP contribution >= 0.6 is 0 Å². The molecule has 0 aromatic carbocycles. The van der Waals surface area contributed by atoms with E-state index in [9.17, 15) is 14.4 Å². The van der Waals surface area contributed by atoms with Crippen molar-refractivity contribution < 1.29 is 23.9 Å². The van der Waals surface area contributed by atoms with Crippen LogP contribution in [0.5, 0.6) is 0 Å². The van der Waals surface area contributed by atoms with E-state index in [-0.39, 0.29) is 29.9 Å². The number of piperidine rings is 1. The number of likely N-dealkylation sites (tertiary alicyclic amines) is 1. The van der Waals surface area contributed by atoms with Gasteiger partial charge < -0.3 is 14.8 Å². The highest BCUT2D eigenvalue weighted by molar-refractivity contribution is 5.84. The number of carbonyl (C=O) groups is 3. The van der Waals surface area contributed by atoms with Crippen LogP contribution in [0, 0.1) is 10.8 Å². The van der Waals surface area contributed by atoms with Crippen molar-refractivity contribution in [2.45, 2.75) is 84.9 Å². The van der Waals surface area contributed by atoms with Gasteiger partial charge in [-0.2, -0.15) is 0 Å². The summed E-state index contributed by atoms with van der Waals surface area (Å²) in [6.45, 7) is 15.4. The molecule has 1 aliphatic heterocycles. The van der Waals surface area contributed by atoms with Gasteiger partial charge in [0.15, 0.2) is 0 Å². The van der Waals surface area contributed by atoms with Crippen molar-refractivity contribution in [2.24, 2.45) is 10.8 Å². The summed E-state index contributed by atoms with van der Waals surface area (Å²) >= 11 is 0. The zero-order valence-corrected chi connectivity index (χ0v) is 18.7. The highest BCUT2D eigenvalue weighted by atomic mass is 16.6. The molecular formula is C22H36N2O5. The molecule has 1 N–H and O–H groups in total. The van der Waals surface area contributed by atoms with Crippen LogP contribution in [0.3, 0.4) is 0 Å². The summed E-state index contributed by atoms with van der Waals surface area (Å²) in [6, 6.07) is -0.679. The lowest BCUT2D eigenvalue weighted by atomic mass is 9.88. The Labute approximate surface area is 174 Å². The molecule has 0 aromatic rings. The molecule has 2 aliphatic rings. The van der Waals surface area contributed by atoms with Gasteiger partial charge in [0.25, 0.3) is 0 Å². The Morgan fingerprint density at radius 3 is 2.41 bits per heavy atom. The molecule has 164 valence electrons. The molecule has 0 unspecified atom stereocenters. The normalized spacial score (nSPS) is 25.8. The second-order valence-electron chi connectivity index (χ2n) is 9.82. The zero-order chi connectivity index (χ0) is 22.0. The Morgan fingerprint density at radius 2 is 1.86 bits per heavy atom. The topological polar surface area (TPSA) is 84.9 Å². The summed E-state index contributed by atoms with van der Waals surface area (Å²) in [5, 5.41) is 3.00. The molecule has 1 heterocycles. The molecule has 7 heteroatoms. The molecule has 0 spiro atoms. The molecule has 2 fully saturated rings. The number of allylic oxidation sites excluding steroid dienone is 1. The van der Waals surface area contributed by atoms with E-state index in [1.54, 1.807) is 38.7 Å². The van der Waals surface area contributed by atoms with Crippen LogP contribution in [0.25, 0.3) is 0 Å². The van der Waals surface area contributed by atoms with Crippen LogP contribution in [0.4, 0.5) is 4.79 Å². The van der Waals surface area contributed by atoms with Gasteiger partial charge in [-0.05, 0) is 58.8 Å². The highest BCUT2D eigenvalue weighted by Gasteiger charge is 2.67. The molecular weight excluding hydrogens is 372 g/mol. The molecule has 29 heavy (non-hydrogen) atoms. The summed E-state index contributed by atoms with van der Waals surface area (Å²) < 4.78 is 10.7. The summed E-state index contributed by atoms with van der Waals surface area (Å²) in [5.41, 5.74) is -1.31. The van der Waals surface area contributed by atoms with Crippen molar-refractivity contribution in [1.82, 2.24) is 10.2 Å². The van der Waals surface area contributed by atoms with Crippen LogP contribution in [-0.4, -0.2) is 53.7 Å². The molecule has 1 aliphatic carbocycles. The second-order valence-corrected chi connectivity index (χ2v) is 9.82.